The Morgan fingerprint density at radius 3 is 2.69 bits per heavy atom. The highest BCUT2D eigenvalue weighted by Crippen LogP contribution is 2.37. The third-order valence-electron chi connectivity index (χ3n) is 5.58. The molecule has 0 amide bonds. The number of ether oxygens (including phenoxy) is 1. The Morgan fingerprint density at radius 2 is 1.94 bits per heavy atom. The van der Waals surface area contributed by atoms with Gasteiger partial charge in [-0.25, -0.2) is 27.8 Å². The van der Waals surface area contributed by atoms with E-state index in [1.807, 2.05) is 23.2 Å². The molecule has 1 aliphatic heterocycles. The Bertz CT molecular complexity index is 1490. The molecule has 0 saturated carbocycles. The number of hydrazine groups is 1. The van der Waals surface area contributed by atoms with Crippen LogP contribution in [0.2, 0.25) is 0 Å². The standard InChI is InChI=1S/C24H22ClN5O3S2/c1-33-22-10-9-17(13-27-22)14-28-29-16-34-21(23(29)25)12-18-15-30(24-20(18)8-5-11-26-24)35(31,32)19-6-3-2-4-7-19/h2-11,13,15,28H,12,14,16H2,1H3. The van der Waals surface area contributed by atoms with Crippen molar-refractivity contribution in [3.63, 3.8) is 0 Å². The first-order valence-electron chi connectivity index (χ1n) is 10.7. The third kappa shape index (κ3) is 4.74. The fourth-order valence-corrected chi connectivity index (χ4v) is 6.55. The molecule has 0 aliphatic carbocycles. The Morgan fingerprint density at radius 1 is 1.11 bits per heavy atom. The van der Waals surface area contributed by atoms with Gasteiger partial charge < -0.3 is 4.74 Å². The number of thioether (sulfide) groups is 1. The number of nitrogens with one attached hydrogen (secondary N) is 1. The molecule has 180 valence electrons. The van der Waals surface area contributed by atoms with Crippen molar-refractivity contribution in [1.82, 2.24) is 24.4 Å². The van der Waals surface area contributed by atoms with Crippen LogP contribution in [0.1, 0.15) is 11.1 Å². The fourth-order valence-electron chi connectivity index (χ4n) is 3.77. The zero-order valence-corrected chi connectivity index (χ0v) is 21.1. The zero-order chi connectivity index (χ0) is 24.4. The minimum atomic E-state index is -3.79. The van der Waals surface area contributed by atoms with Crippen molar-refractivity contribution in [3.8, 4) is 5.88 Å². The number of hydrogen-bond acceptors (Lipinski definition) is 8. The molecule has 35 heavy (non-hydrogen) atoms. The van der Waals surface area contributed by atoms with Gasteiger partial charge in [-0.15, -0.1) is 11.8 Å². The number of hydrogen-bond donors (Lipinski definition) is 1. The summed E-state index contributed by atoms with van der Waals surface area (Å²) in [5.74, 6) is 1.20. The molecule has 0 bridgehead atoms. The lowest BCUT2D eigenvalue weighted by Crippen LogP contribution is -2.32. The first-order chi connectivity index (χ1) is 17.0. The van der Waals surface area contributed by atoms with Gasteiger partial charge in [-0.2, -0.15) is 0 Å². The lowest BCUT2D eigenvalue weighted by Gasteiger charge is -2.18. The van der Waals surface area contributed by atoms with Crippen LogP contribution in [-0.4, -0.2) is 40.4 Å². The molecule has 4 aromatic rings. The summed E-state index contributed by atoms with van der Waals surface area (Å²) in [6.45, 7) is 0.555. The van der Waals surface area contributed by atoms with Crippen LogP contribution in [0.4, 0.5) is 0 Å². The Kier molecular flexibility index (Phi) is 6.70. The number of aromatic nitrogens is 3. The zero-order valence-electron chi connectivity index (χ0n) is 18.8. The van der Waals surface area contributed by atoms with Gasteiger partial charge in [0.2, 0.25) is 5.88 Å². The predicted octanol–water partition coefficient (Wildman–Crippen LogP) is 4.34. The average molecular weight is 528 g/mol. The van der Waals surface area contributed by atoms with Gasteiger partial charge in [0, 0.05) is 47.9 Å². The summed E-state index contributed by atoms with van der Waals surface area (Å²) >= 11 is 8.31. The number of fused-ring (bicyclic) bond motifs is 1. The van der Waals surface area contributed by atoms with Gasteiger partial charge in [-0.1, -0.05) is 35.9 Å². The predicted molar refractivity (Wildman–Crippen MR) is 137 cm³/mol. The second kappa shape index (κ2) is 9.90. The summed E-state index contributed by atoms with van der Waals surface area (Å²) in [5, 5.41) is 3.25. The second-order valence-corrected chi connectivity index (χ2v) is 11.0. The molecule has 3 aromatic heterocycles. The number of benzene rings is 1. The van der Waals surface area contributed by atoms with E-state index >= 15 is 0 Å². The maximum atomic E-state index is 13.3. The molecule has 8 nitrogen and oxygen atoms in total. The highest BCUT2D eigenvalue weighted by Gasteiger charge is 2.26. The van der Waals surface area contributed by atoms with Gasteiger partial charge in [0.15, 0.2) is 5.65 Å². The van der Waals surface area contributed by atoms with Gasteiger partial charge in [0.1, 0.15) is 5.16 Å². The van der Waals surface area contributed by atoms with Crippen LogP contribution in [0.15, 0.2) is 88.1 Å². The summed E-state index contributed by atoms with van der Waals surface area (Å²) in [6.07, 6.45) is 5.49. The van der Waals surface area contributed by atoms with E-state index in [2.05, 4.69) is 15.4 Å². The molecule has 1 N–H and O–H groups in total. The lowest BCUT2D eigenvalue weighted by molar-refractivity contribution is 0.305. The minimum Gasteiger partial charge on any atom is -0.481 e. The minimum absolute atomic E-state index is 0.213. The maximum absolute atomic E-state index is 13.3. The van der Waals surface area contributed by atoms with E-state index in [9.17, 15) is 8.42 Å². The normalized spacial score (nSPS) is 14.2. The molecule has 0 radical (unpaired) electrons. The van der Waals surface area contributed by atoms with Crippen LogP contribution in [-0.2, 0) is 23.0 Å². The molecule has 4 heterocycles. The monoisotopic (exact) mass is 527 g/mol. The first-order valence-corrected chi connectivity index (χ1v) is 13.5. The number of methoxy groups -OCH3 is 1. The van der Waals surface area contributed by atoms with Gasteiger partial charge in [-0.3, -0.25) is 5.01 Å². The van der Waals surface area contributed by atoms with E-state index in [1.54, 1.807) is 73.9 Å². The molecule has 1 aliphatic rings. The summed E-state index contributed by atoms with van der Waals surface area (Å²) in [4.78, 5) is 9.75. The molecule has 0 spiro atoms. The van der Waals surface area contributed by atoms with Crippen molar-refractivity contribution < 1.29 is 13.2 Å². The van der Waals surface area contributed by atoms with Crippen molar-refractivity contribution in [2.75, 3.05) is 13.0 Å². The van der Waals surface area contributed by atoms with Crippen LogP contribution < -0.4 is 10.2 Å². The van der Waals surface area contributed by atoms with Gasteiger partial charge in [0.05, 0.1) is 17.9 Å². The van der Waals surface area contributed by atoms with Crippen LogP contribution in [0.25, 0.3) is 11.0 Å². The Hall–Kier alpha value is -3.05. The number of allylic oxidation sites excluding steroid dienone is 1. The lowest BCUT2D eigenvalue weighted by atomic mass is 10.1. The molecule has 5 rings (SSSR count). The van der Waals surface area contributed by atoms with Gasteiger partial charge >= 0.3 is 0 Å². The second-order valence-electron chi connectivity index (χ2n) is 7.78. The van der Waals surface area contributed by atoms with Gasteiger partial charge in [0.25, 0.3) is 10.0 Å². The SMILES string of the molecule is COc1ccc(CNN2CSC(Cc3cn(S(=O)(=O)c4ccccc4)c4ncccc34)=C2Cl)cn1. The highest BCUT2D eigenvalue weighted by atomic mass is 35.5. The summed E-state index contributed by atoms with van der Waals surface area (Å²) in [5.41, 5.74) is 5.55. The number of rotatable bonds is 8. The van der Waals surface area contributed by atoms with E-state index in [0.717, 1.165) is 21.4 Å². The molecule has 0 saturated heterocycles. The van der Waals surface area contributed by atoms with Crippen molar-refractivity contribution in [2.45, 2.75) is 17.9 Å². The summed E-state index contributed by atoms with van der Waals surface area (Å²) < 4.78 is 33.0. The molecular weight excluding hydrogens is 506 g/mol. The van der Waals surface area contributed by atoms with Crippen LogP contribution in [0, 0.1) is 0 Å². The van der Waals surface area contributed by atoms with E-state index in [4.69, 9.17) is 16.3 Å². The average Bonchev–Trinajstić information content (AvgIpc) is 3.44. The highest BCUT2D eigenvalue weighted by molar-refractivity contribution is 8.03. The van der Waals surface area contributed by atoms with E-state index < -0.39 is 10.0 Å². The number of nitrogens with zero attached hydrogens (tertiary/aromatic N) is 4. The molecule has 0 atom stereocenters. The molecule has 11 heteroatoms. The first kappa shape index (κ1) is 23.7. The van der Waals surface area contributed by atoms with Crippen molar-refractivity contribution in [2.24, 2.45) is 0 Å². The quantitative estimate of drug-likeness (QED) is 0.338. The van der Waals surface area contributed by atoms with Crippen LogP contribution in [0.5, 0.6) is 5.88 Å². The molecular formula is C24H22ClN5O3S2. The van der Waals surface area contributed by atoms with E-state index in [0.29, 0.717) is 35.5 Å². The van der Waals surface area contributed by atoms with Crippen LogP contribution in [0.3, 0.4) is 0 Å². The van der Waals surface area contributed by atoms with Gasteiger partial charge in [-0.05, 0) is 35.4 Å². The third-order valence-corrected chi connectivity index (χ3v) is 8.86. The van der Waals surface area contributed by atoms with E-state index in [-0.39, 0.29) is 4.90 Å². The number of pyridine rings is 2. The van der Waals surface area contributed by atoms with Crippen molar-refractivity contribution in [1.29, 1.82) is 0 Å². The summed E-state index contributed by atoms with van der Waals surface area (Å²) in [7, 11) is -2.20. The maximum Gasteiger partial charge on any atom is 0.269 e. The van der Waals surface area contributed by atoms with Crippen molar-refractivity contribution in [3.05, 3.63) is 94.4 Å². The molecule has 1 aromatic carbocycles. The molecule has 0 unspecified atom stereocenters. The van der Waals surface area contributed by atoms with Crippen LogP contribution >= 0.6 is 23.4 Å². The largest absolute Gasteiger partial charge is 0.481 e. The Balaban J connectivity index is 1.39. The van der Waals surface area contributed by atoms with Crippen molar-refractivity contribution >= 4 is 44.4 Å². The Labute approximate surface area is 212 Å². The summed E-state index contributed by atoms with van der Waals surface area (Å²) in [6, 6.07) is 15.8. The topological polar surface area (TPSA) is 89.4 Å². The molecule has 0 fully saturated rings. The smallest absolute Gasteiger partial charge is 0.269 e. The van der Waals surface area contributed by atoms with E-state index in [1.165, 1.54) is 3.97 Å². The fraction of sp³-hybridized carbons (Fsp3) is 0.167. The number of halogens is 1.